The molecule has 4 nitrogen and oxygen atoms in total. The molecule has 0 aliphatic rings. The Morgan fingerprint density at radius 3 is 1.21 bits per heavy atom. The van der Waals surface area contributed by atoms with Gasteiger partial charge in [-0.05, 0) is 0 Å². The Labute approximate surface area is 126 Å². The van der Waals surface area contributed by atoms with Crippen LogP contribution in [0.25, 0.3) is 0 Å². The van der Waals surface area contributed by atoms with E-state index in [9.17, 15) is 0 Å². The molecule has 5 heteroatoms. The molecule has 0 radical (unpaired) electrons. The summed E-state index contributed by atoms with van der Waals surface area (Å²) in [7, 11) is 0. The van der Waals surface area contributed by atoms with Crippen molar-refractivity contribution in [1.82, 2.24) is 9.80 Å². The van der Waals surface area contributed by atoms with Gasteiger partial charge in [-0.3, -0.25) is 0 Å². The number of hydrogen-bond donors (Lipinski definition) is 0. The molecule has 0 aromatic rings. The predicted molar refractivity (Wildman–Crippen MR) is 76.2 cm³/mol. The summed E-state index contributed by atoms with van der Waals surface area (Å²) in [4.78, 5) is 4.60. The van der Waals surface area contributed by atoms with Gasteiger partial charge in [-0.1, -0.05) is 0 Å². The van der Waals surface area contributed by atoms with Crippen molar-refractivity contribution in [1.29, 1.82) is 0 Å². The summed E-state index contributed by atoms with van der Waals surface area (Å²) in [5.41, 5.74) is 0. The number of rotatable bonds is 12. The first-order valence-electron chi connectivity index (χ1n) is 7.56. The van der Waals surface area contributed by atoms with E-state index < -0.39 is 0 Å². The summed E-state index contributed by atoms with van der Waals surface area (Å²) in [6, 6.07) is 0. The van der Waals surface area contributed by atoms with Crippen LogP contribution in [0.5, 0.6) is 0 Å². The Morgan fingerprint density at radius 1 is 0.684 bits per heavy atom. The monoisotopic (exact) mass is 323 g/mol. The van der Waals surface area contributed by atoms with Gasteiger partial charge < -0.3 is 0 Å². The van der Waals surface area contributed by atoms with Crippen LogP contribution in [-0.4, -0.2) is 48.4 Å². The molecule has 0 saturated carbocycles. The summed E-state index contributed by atoms with van der Waals surface area (Å²) in [6.45, 7) is 16.9. The van der Waals surface area contributed by atoms with Crippen LogP contribution in [0.1, 0.15) is 54.4 Å². The Bertz CT molecular complexity index is 180. The molecule has 0 spiro atoms. The molecule has 0 saturated heterocycles. The van der Waals surface area contributed by atoms with Crippen molar-refractivity contribution in [2.24, 2.45) is 0 Å². The molecule has 0 aromatic carbocycles. The fraction of sp³-hybridized carbons (Fsp3) is 1.00. The van der Waals surface area contributed by atoms with E-state index in [0.717, 1.165) is 39.0 Å². The van der Waals surface area contributed by atoms with E-state index in [1.807, 2.05) is 0 Å². The van der Waals surface area contributed by atoms with Crippen LogP contribution < -0.4 is 0 Å². The molecule has 2 atom stereocenters. The zero-order valence-electron chi connectivity index (χ0n) is 13.4. The van der Waals surface area contributed by atoms with Gasteiger partial charge in [-0.25, -0.2) is 0 Å². The summed E-state index contributed by atoms with van der Waals surface area (Å²) < 4.78 is 11.6. The summed E-state index contributed by atoms with van der Waals surface area (Å²) in [5.74, 6) is 0. The van der Waals surface area contributed by atoms with Gasteiger partial charge in [0, 0.05) is 0 Å². The van der Waals surface area contributed by atoms with E-state index in [-0.39, 0.29) is 12.5 Å². The van der Waals surface area contributed by atoms with Crippen LogP contribution in [0.3, 0.4) is 0 Å². The fourth-order valence-corrected chi connectivity index (χ4v) is 2.91. The second kappa shape index (κ2) is 12.1. The van der Waals surface area contributed by atoms with E-state index in [2.05, 4.69) is 51.3 Å². The van der Waals surface area contributed by atoms with Crippen molar-refractivity contribution in [3.63, 3.8) is 0 Å². The second-order valence-corrected chi connectivity index (χ2v) is 4.96. The van der Waals surface area contributed by atoms with Gasteiger partial charge >= 0.3 is 126 Å². The van der Waals surface area contributed by atoms with Gasteiger partial charge in [-0.2, -0.15) is 0 Å². The molecule has 0 aliphatic heterocycles. The zero-order valence-corrected chi connectivity index (χ0v) is 14.4. The molecule has 0 rings (SSSR count). The average molecular weight is 324 g/mol. The normalized spacial score (nSPS) is 15.4. The van der Waals surface area contributed by atoms with Crippen LogP contribution in [0.2, 0.25) is 0 Å². The molecular formula is C14H32CuN2O2. The molecule has 0 heterocycles. The van der Waals surface area contributed by atoms with Crippen LogP contribution in [-0.2, 0) is 23.3 Å². The van der Waals surface area contributed by atoms with Gasteiger partial charge in [-0.15, -0.1) is 0 Å². The Balaban J connectivity index is 4.15. The molecule has 2 unspecified atom stereocenters. The molecule has 0 N–H and O–H groups in total. The average Bonchev–Trinajstić information content (AvgIpc) is 2.45. The van der Waals surface area contributed by atoms with Crippen molar-refractivity contribution in [2.75, 3.05) is 26.2 Å². The predicted octanol–water partition coefficient (Wildman–Crippen LogP) is 3.09. The summed E-state index contributed by atoms with van der Waals surface area (Å²) in [5, 5.41) is 0. The summed E-state index contributed by atoms with van der Waals surface area (Å²) in [6.07, 6.45) is 2.20. The van der Waals surface area contributed by atoms with Gasteiger partial charge in [0.05, 0.1) is 0 Å². The standard InChI is InChI=1S/2C7H16NO.Cu/c2*1-4-7(9)8(5-2)6-3;/h2*7H,4-6H2,1-3H3;/q2*-1;+2. The molecule has 121 valence electrons. The van der Waals surface area contributed by atoms with Crippen molar-refractivity contribution < 1.29 is 23.3 Å². The maximum absolute atomic E-state index is 5.79. The van der Waals surface area contributed by atoms with E-state index in [0.29, 0.717) is 0 Å². The molecule has 0 bridgehead atoms. The van der Waals surface area contributed by atoms with Crippen LogP contribution in [0.4, 0.5) is 0 Å². The van der Waals surface area contributed by atoms with E-state index in [1.165, 1.54) is 15.6 Å². The number of hydrogen-bond acceptors (Lipinski definition) is 4. The zero-order chi connectivity index (χ0) is 14.7. The number of nitrogens with zero attached hydrogens (tertiary/aromatic N) is 2. The van der Waals surface area contributed by atoms with Crippen LogP contribution in [0.15, 0.2) is 0 Å². The summed E-state index contributed by atoms with van der Waals surface area (Å²) >= 11 is 1.25. The quantitative estimate of drug-likeness (QED) is 0.407. The van der Waals surface area contributed by atoms with E-state index in [1.54, 1.807) is 0 Å². The van der Waals surface area contributed by atoms with Gasteiger partial charge in [0.15, 0.2) is 0 Å². The first-order valence-corrected chi connectivity index (χ1v) is 8.33. The first kappa shape index (κ1) is 19.4. The van der Waals surface area contributed by atoms with Crippen LogP contribution in [0, 0.1) is 0 Å². The Kier molecular flexibility index (Phi) is 12.4. The van der Waals surface area contributed by atoms with Gasteiger partial charge in [0.2, 0.25) is 0 Å². The minimum atomic E-state index is 0.129. The second-order valence-electron chi connectivity index (χ2n) is 4.36. The molecule has 19 heavy (non-hydrogen) atoms. The van der Waals surface area contributed by atoms with Crippen molar-refractivity contribution in [3.8, 4) is 0 Å². The molecule has 0 aliphatic carbocycles. The van der Waals surface area contributed by atoms with Crippen LogP contribution >= 0.6 is 0 Å². The topological polar surface area (TPSA) is 24.9 Å². The van der Waals surface area contributed by atoms with E-state index in [4.69, 9.17) is 7.64 Å². The van der Waals surface area contributed by atoms with E-state index >= 15 is 0 Å². The fourth-order valence-electron chi connectivity index (χ4n) is 2.05. The first-order chi connectivity index (χ1) is 9.18. The molecular weight excluding hydrogens is 292 g/mol. The molecule has 0 aromatic heterocycles. The Morgan fingerprint density at radius 2 is 1.00 bits per heavy atom. The third kappa shape index (κ3) is 7.07. The third-order valence-corrected chi connectivity index (χ3v) is 4.05. The Hall–Kier alpha value is 0.359. The minimum absolute atomic E-state index is 0.129. The van der Waals surface area contributed by atoms with Crippen molar-refractivity contribution >= 4 is 0 Å². The molecule has 0 fully saturated rings. The maximum atomic E-state index is 5.79. The molecule has 0 amide bonds. The van der Waals surface area contributed by atoms with Gasteiger partial charge in [0.1, 0.15) is 0 Å². The SMILES string of the molecule is CCC([O][Cu][O]C(CC)N(CC)CC)N(CC)CC. The van der Waals surface area contributed by atoms with Crippen molar-refractivity contribution in [2.45, 2.75) is 66.8 Å². The van der Waals surface area contributed by atoms with Gasteiger partial charge in [0.25, 0.3) is 0 Å². The van der Waals surface area contributed by atoms with Crippen molar-refractivity contribution in [3.05, 3.63) is 0 Å². The third-order valence-electron chi connectivity index (χ3n) is 3.36.